The fraction of sp³-hybridized carbons (Fsp3) is 0.296. The first-order chi connectivity index (χ1) is 16.6. The molecule has 176 valence electrons. The molecule has 2 aromatic carbocycles. The lowest BCUT2D eigenvalue weighted by atomic mass is 9.99. The van der Waals surface area contributed by atoms with Crippen LogP contribution in [0.25, 0.3) is 16.5 Å². The first kappa shape index (κ1) is 22.6. The number of furan rings is 1. The van der Waals surface area contributed by atoms with Gasteiger partial charge in [0.2, 0.25) is 10.0 Å². The van der Waals surface area contributed by atoms with Gasteiger partial charge < -0.3 is 9.73 Å². The molecule has 3 aromatic rings. The van der Waals surface area contributed by atoms with Crippen LogP contribution in [0.15, 0.2) is 82.3 Å². The predicted octanol–water partition coefficient (Wildman–Crippen LogP) is 5.11. The van der Waals surface area contributed by atoms with E-state index in [4.69, 9.17) is 4.42 Å². The molecule has 2 heterocycles. The van der Waals surface area contributed by atoms with Crippen molar-refractivity contribution in [2.75, 3.05) is 13.1 Å². The third-order valence-electron chi connectivity index (χ3n) is 6.59. The third kappa shape index (κ3) is 4.33. The van der Waals surface area contributed by atoms with Crippen LogP contribution >= 0.6 is 0 Å². The van der Waals surface area contributed by atoms with Gasteiger partial charge in [0.05, 0.1) is 16.7 Å². The van der Waals surface area contributed by atoms with Gasteiger partial charge in [0.1, 0.15) is 5.58 Å². The second-order valence-corrected chi connectivity index (χ2v) is 10.6. The molecule has 0 radical (unpaired) electrons. The number of nitrogens with zero attached hydrogens (tertiary/aromatic N) is 1. The summed E-state index contributed by atoms with van der Waals surface area (Å²) in [5, 5.41) is 3.73. The van der Waals surface area contributed by atoms with Crippen LogP contribution in [0, 0.1) is 0 Å². The summed E-state index contributed by atoms with van der Waals surface area (Å²) in [6.45, 7) is 0.726. The van der Waals surface area contributed by atoms with Crippen molar-refractivity contribution < 1.29 is 17.6 Å². The lowest BCUT2D eigenvalue weighted by Gasteiger charge is -2.36. The Morgan fingerprint density at radius 3 is 2.68 bits per heavy atom. The molecule has 0 spiro atoms. The summed E-state index contributed by atoms with van der Waals surface area (Å²) in [6, 6.07) is 16.5. The van der Waals surface area contributed by atoms with E-state index in [-0.39, 0.29) is 18.5 Å². The van der Waals surface area contributed by atoms with Crippen LogP contribution in [0.1, 0.15) is 48.0 Å². The van der Waals surface area contributed by atoms with Gasteiger partial charge in [0.25, 0.3) is 5.91 Å². The molecule has 0 bridgehead atoms. The second kappa shape index (κ2) is 9.60. The summed E-state index contributed by atoms with van der Waals surface area (Å²) in [6.07, 6.45) is 9.42. The minimum Gasteiger partial charge on any atom is -0.464 e. The maximum Gasteiger partial charge on any atom is 0.252 e. The standard InChI is InChI=1S/C27H28N2O4S/c30-27(24-13-8-14-25-23(24)16-18-33-25)28-19-21-11-6-7-17-29(21)34(31,32)26-15-5-4-12-22(26)20-9-2-1-3-10-20/h1-3,8-10,12-16,18,21H,4-7,11,17,19H2,(H,28,30). The Balaban J connectivity index is 1.37. The molecule has 1 aliphatic carbocycles. The number of fused-ring (bicyclic) bond motifs is 1. The van der Waals surface area contributed by atoms with E-state index in [1.54, 1.807) is 28.8 Å². The Kier molecular flexibility index (Phi) is 6.39. The molecule has 34 heavy (non-hydrogen) atoms. The van der Waals surface area contributed by atoms with Gasteiger partial charge in [0, 0.05) is 24.5 Å². The number of rotatable bonds is 6. The van der Waals surface area contributed by atoms with E-state index in [1.807, 2.05) is 48.6 Å². The van der Waals surface area contributed by atoms with Crippen molar-refractivity contribution in [3.8, 4) is 0 Å². The highest BCUT2D eigenvalue weighted by molar-refractivity contribution is 7.93. The van der Waals surface area contributed by atoms with Crippen LogP contribution in [0.4, 0.5) is 0 Å². The molecule has 1 saturated heterocycles. The molecule has 2 aliphatic rings. The van der Waals surface area contributed by atoms with Crippen molar-refractivity contribution in [1.29, 1.82) is 0 Å². The summed E-state index contributed by atoms with van der Waals surface area (Å²) < 4.78 is 34.8. The van der Waals surface area contributed by atoms with E-state index >= 15 is 0 Å². The first-order valence-corrected chi connectivity index (χ1v) is 13.2. The predicted molar refractivity (Wildman–Crippen MR) is 134 cm³/mol. The van der Waals surface area contributed by atoms with Gasteiger partial charge in [-0.3, -0.25) is 4.79 Å². The monoisotopic (exact) mass is 476 g/mol. The number of hydrogen-bond acceptors (Lipinski definition) is 4. The van der Waals surface area contributed by atoms with Crippen LogP contribution in [-0.4, -0.2) is 37.8 Å². The van der Waals surface area contributed by atoms with E-state index in [9.17, 15) is 13.2 Å². The molecular weight excluding hydrogens is 448 g/mol. The summed E-state index contributed by atoms with van der Waals surface area (Å²) in [5.74, 6) is -0.225. The van der Waals surface area contributed by atoms with Crippen LogP contribution in [-0.2, 0) is 10.0 Å². The number of hydrogen-bond donors (Lipinski definition) is 1. The van der Waals surface area contributed by atoms with Crippen molar-refractivity contribution in [3.63, 3.8) is 0 Å². The zero-order valence-corrected chi connectivity index (χ0v) is 19.8. The Labute approximate surface area is 200 Å². The highest BCUT2D eigenvalue weighted by Gasteiger charge is 2.37. The summed E-state index contributed by atoms with van der Waals surface area (Å²) in [4.78, 5) is 13.3. The van der Waals surface area contributed by atoms with Crippen molar-refractivity contribution in [2.24, 2.45) is 0 Å². The fourth-order valence-corrected chi connectivity index (χ4v) is 6.90. The topological polar surface area (TPSA) is 79.6 Å². The molecule has 1 atom stereocenters. The smallest absolute Gasteiger partial charge is 0.252 e. The molecule has 1 aliphatic heterocycles. The van der Waals surface area contributed by atoms with E-state index in [1.165, 1.54) is 0 Å². The first-order valence-electron chi connectivity index (χ1n) is 11.8. The molecule has 1 unspecified atom stereocenters. The number of piperidine rings is 1. The second-order valence-electron chi connectivity index (χ2n) is 8.74. The van der Waals surface area contributed by atoms with Gasteiger partial charge in [-0.15, -0.1) is 0 Å². The zero-order chi connectivity index (χ0) is 23.5. The van der Waals surface area contributed by atoms with Crippen LogP contribution in [0.3, 0.4) is 0 Å². The average molecular weight is 477 g/mol. The largest absolute Gasteiger partial charge is 0.464 e. The fourth-order valence-electron chi connectivity index (χ4n) is 4.89. The van der Waals surface area contributed by atoms with Crippen molar-refractivity contribution in [2.45, 2.75) is 38.1 Å². The van der Waals surface area contributed by atoms with Crippen LogP contribution in [0.5, 0.6) is 0 Å². The minimum atomic E-state index is -3.71. The van der Waals surface area contributed by atoms with Crippen LogP contribution < -0.4 is 5.32 Å². The summed E-state index contributed by atoms with van der Waals surface area (Å²) in [5.41, 5.74) is 2.86. The number of nitrogens with one attached hydrogen (secondary N) is 1. The summed E-state index contributed by atoms with van der Waals surface area (Å²) >= 11 is 0. The van der Waals surface area contributed by atoms with E-state index in [2.05, 4.69) is 5.32 Å². The number of sulfonamides is 1. The van der Waals surface area contributed by atoms with Gasteiger partial charge in [0.15, 0.2) is 0 Å². The molecule has 1 amide bonds. The van der Waals surface area contributed by atoms with Gasteiger partial charge in [-0.05, 0) is 55.0 Å². The molecular formula is C27H28N2O4S. The van der Waals surface area contributed by atoms with E-state index in [0.29, 0.717) is 35.4 Å². The maximum atomic E-state index is 13.9. The number of amides is 1. The Bertz CT molecular complexity index is 1360. The maximum absolute atomic E-state index is 13.9. The van der Waals surface area contributed by atoms with E-state index < -0.39 is 10.0 Å². The SMILES string of the molecule is O=C(NCC1CCCCN1S(=O)(=O)C1=CCCC=C1c1ccccc1)c1cccc2occc12. The highest BCUT2D eigenvalue weighted by atomic mass is 32.2. The van der Waals surface area contributed by atoms with Crippen molar-refractivity contribution in [3.05, 3.63) is 89.0 Å². The lowest BCUT2D eigenvalue weighted by Crippen LogP contribution is -2.49. The van der Waals surface area contributed by atoms with Gasteiger partial charge in [-0.25, -0.2) is 8.42 Å². The Morgan fingerprint density at radius 2 is 1.82 bits per heavy atom. The zero-order valence-electron chi connectivity index (χ0n) is 18.9. The molecule has 7 heteroatoms. The normalized spacial score (nSPS) is 19.5. The number of carbonyl (C=O) groups excluding carboxylic acids is 1. The third-order valence-corrected chi connectivity index (χ3v) is 8.63. The van der Waals surface area contributed by atoms with Crippen LogP contribution in [0.2, 0.25) is 0 Å². The molecule has 1 N–H and O–H groups in total. The van der Waals surface area contributed by atoms with Crippen molar-refractivity contribution in [1.82, 2.24) is 9.62 Å². The number of allylic oxidation sites excluding steroid dienone is 3. The van der Waals surface area contributed by atoms with Gasteiger partial charge in [-0.2, -0.15) is 4.31 Å². The van der Waals surface area contributed by atoms with Crippen molar-refractivity contribution >= 4 is 32.5 Å². The van der Waals surface area contributed by atoms with Gasteiger partial charge >= 0.3 is 0 Å². The average Bonchev–Trinajstić information content (AvgIpc) is 3.37. The molecule has 1 aromatic heterocycles. The molecule has 1 fully saturated rings. The number of carbonyl (C=O) groups is 1. The van der Waals surface area contributed by atoms with E-state index in [0.717, 1.165) is 35.8 Å². The Hall–Kier alpha value is -3.16. The highest BCUT2D eigenvalue weighted by Crippen LogP contribution is 2.35. The molecule has 6 nitrogen and oxygen atoms in total. The lowest BCUT2D eigenvalue weighted by molar-refractivity contribution is 0.0941. The van der Waals surface area contributed by atoms with Gasteiger partial charge in [-0.1, -0.05) is 55.0 Å². The number of benzene rings is 2. The molecule has 5 rings (SSSR count). The minimum absolute atomic E-state index is 0.225. The Morgan fingerprint density at radius 1 is 1.00 bits per heavy atom. The molecule has 0 saturated carbocycles. The summed E-state index contributed by atoms with van der Waals surface area (Å²) in [7, 11) is -3.71. The quantitative estimate of drug-likeness (QED) is 0.536.